The zero-order valence-electron chi connectivity index (χ0n) is 8.39. The van der Waals surface area contributed by atoms with E-state index >= 15 is 0 Å². The molecule has 1 saturated carbocycles. The van der Waals surface area contributed by atoms with Crippen LogP contribution in [0.15, 0.2) is 12.1 Å². The highest BCUT2D eigenvalue weighted by Crippen LogP contribution is 2.48. The number of halogens is 1. The molecule has 1 nitrogen and oxygen atoms in total. The zero-order valence-corrected chi connectivity index (χ0v) is 8.39. The number of hydrogen-bond donors (Lipinski definition) is 0. The summed E-state index contributed by atoms with van der Waals surface area (Å²) in [6, 6.07) is 5.84. The molecule has 2 heteroatoms. The van der Waals surface area contributed by atoms with Gasteiger partial charge in [-0.3, -0.25) is 0 Å². The molecule has 0 heterocycles. The first-order valence-electron chi connectivity index (χ1n) is 4.77. The van der Waals surface area contributed by atoms with Crippen LogP contribution in [0.25, 0.3) is 0 Å². The Morgan fingerprint density at radius 3 is 2.50 bits per heavy atom. The van der Waals surface area contributed by atoms with Crippen molar-refractivity contribution in [2.24, 2.45) is 0 Å². The van der Waals surface area contributed by atoms with Gasteiger partial charge in [0.05, 0.1) is 11.5 Å². The molecule has 2 rings (SSSR count). The minimum Gasteiger partial charge on any atom is -0.206 e. The molecule has 0 aromatic heterocycles. The molecule has 0 bridgehead atoms. The third-order valence-corrected chi connectivity index (χ3v) is 2.88. The van der Waals surface area contributed by atoms with Gasteiger partial charge >= 0.3 is 0 Å². The van der Waals surface area contributed by atoms with E-state index in [1.165, 1.54) is 0 Å². The van der Waals surface area contributed by atoms with Crippen molar-refractivity contribution in [1.29, 1.82) is 5.26 Å². The average molecular weight is 189 g/mol. The first-order valence-corrected chi connectivity index (χ1v) is 4.77. The van der Waals surface area contributed by atoms with Crippen molar-refractivity contribution in [2.75, 3.05) is 0 Å². The van der Waals surface area contributed by atoms with E-state index in [-0.39, 0.29) is 5.82 Å². The molecule has 0 atom stereocenters. The van der Waals surface area contributed by atoms with Crippen LogP contribution in [0.2, 0.25) is 0 Å². The second-order valence-electron chi connectivity index (χ2n) is 4.14. The second-order valence-corrected chi connectivity index (χ2v) is 4.14. The van der Waals surface area contributed by atoms with Crippen molar-refractivity contribution in [3.63, 3.8) is 0 Å². The number of benzene rings is 1. The van der Waals surface area contributed by atoms with Crippen LogP contribution in [0.4, 0.5) is 4.39 Å². The summed E-state index contributed by atoms with van der Waals surface area (Å²) in [6.45, 7) is 3.68. The van der Waals surface area contributed by atoms with Crippen LogP contribution in [-0.2, 0) is 5.41 Å². The smallest absolute Gasteiger partial charge is 0.130 e. The third-order valence-electron chi connectivity index (χ3n) is 2.88. The maximum absolute atomic E-state index is 13.8. The summed E-state index contributed by atoms with van der Waals surface area (Å²) in [7, 11) is 0. The molecule has 0 N–H and O–H groups in total. The Kier molecular flexibility index (Phi) is 1.85. The Labute approximate surface area is 83.2 Å². The average Bonchev–Trinajstić information content (AvgIpc) is 2.92. The lowest BCUT2D eigenvalue weighted by atomic mass is 9.93. The van der Waals surface area contributed by atoms with Crippen molar-refractivity contribution >= 4 is 0 Å². The van der Waals surface area contributed by atoms with Gasteiger partial charge in [-0.15, -0.1) is 0 Å². The van der Waals surface area contributed by atoms with Crippen LogP contribution in [0, 0.1) is 31.0 Å². The van der Waals surface area contributed by atoms with E-state index in [1.54, 1.807) is 13.0 Å². The third kappa shape index (κ3) is 1.21. The van der Waals surface area contributed by atoms with Crippen molar-refractivity contribution in [3.05, 3.63) is 34.6 Å². The summed E-state index contributed by atoms with van der Waals surface area (Å²) < 4.78 is 13.8. The van der Waals surface area contributed by atoms with Crippen LogP contribution < -0.4 is 0 Å². The van der Waals surface area contributed by atoms with Crippen LogP contribution >= 0.6 is 0 Å². The number of nitrogens with zero attached hydrogens (tertiary/aromatic N) is 1. The first-order chi connectivity index (χ1) is 6.59. The summed E-state index contributed by atoms with van der Waals surface area (Å²) in [4.78, 5) is 0. The molecule has 0 radical (unpaired) electrons. The predicted molar refractivity (Wildman–Crippen MR) is 52.4 cm³/mol. The Bertz CT molecular complexity index is 425. The summed E-state index contributed by atoms with van der Waals surface area (Å²) in [6.07, 6.45) is 1.59. The van der Waals surface area contributed by atoms with Crippen LogP contribution in [-0.4, -0.2) is 0 Å². The Hall–Kier alpha value is -1.36. The van der Waals surface area contributed by atoms with Gasteiger partial charge in [-0.05, 0) is 32.3 Å². The molecule has 0 unspecified atom stereocenters. The Morgan fingerprint density at radius 2 is 2.00 bits per heavy atom. The second kappa shape index (κ2) is 2.81. The normalized spacial score (nSPS) is 17.6. The Morgan fingerprint density at radius 1 is 1.36 bits per heavy atom. The van der Waals surface area contributed by atoms with E-state index in [4.69, 9.17) is 5.26 Å². The largest absolute Gasteiger partial charge is 0.206 e. The van der Waals surface area contributed by atoms with E-state index in [9.17, 15) is 4.39 Å². The number of aryl methyl sites for hydroxylation is 2. The summed E-state index contributed by atoms with van der Waals surface area (Å²) in [5.74, 6) is -0.199. The fourth-order valence-corrected chi connectivity index (χ4v) is 1.86. The lowest BCUT2D eigenvalue weighted by Gasteiger charge is -2.10. The van der Waals surface area contributed by atoms with Gasteiger partial charge in [0.2, 0.25) is 0 Å². The van der Waals surface area contributed by atoms with Crippen LogP contribution in [0.5, 0.6) is 0 Å². The topological polar surface area (TPSA) is 23.8 Å². The predicted octanol–water partition coefficient (Wildman–Crippen LogP) is 3.00. The molecule has 1 aromatic carbocycles. The van der Waals surface area contributed by atoms with Gasteiger partial charge < -0.3 is 0 Å². The molecular formula is C12H12FN. The van der Waals surface area contributed by atoms with Crippen molar-refractivity contribution < 1.29 is 4.39 Å². The number of rotatable bonds is 1. The van der Waals surface area contributed by atoms with Gasteiger partial charge in [-0.25, -0.2) is 4.39 Å². The highest BCUT2D eigenvalue weighted by molar-refractivity contribution is 5.44. The van der Waals surface area contributed by atoms with E-state index in [0.717, 1.165) is 18.4 Å². The zero-order chi connectivity index (χ0) is 10.3. The summed E-state index contributed by atoms with van der Waals surface area (Å²) in [5.41, 5.74) is 1.75. The molecule has 1 aliphatic rings. The SMILES string of the molecule is Cc1cc(C)c(F)c(C2(C#N)CC2)c1. The van der Waals surface area contributed by atoms with Crippen LogP contribution in [0.1, 0.15) is 29.5 Å². The van der Waals surface area contributed by atoms with Gasteiger partial charge in [0.25, 0.3) is 0 Å². The minimum atomic E-state index is -0.513. The van der Waals surface area contributed by atoms with Crippen molar-refractivity contribution in [2.45, 2.75) is 32.1 Å². The van der Waals surface area contributed by atoms with E-state index in [2.05, 4.69) is 6.07 Å². The number of hydrogen-bond acceptors (Lipinski definition) is 1. The molecule has 0 aliphatic heterocycles. The molecule has 14 heavy (non-hydrogen) atoms. The van der Waals surface area contributed by atoms with Crippen molar-refractivity contribution in [1.82, 2.24) is 0 Å². The molecule has 72 valence electrons. The van der Waals surface area contributed by atoms with Crippen molar-refractivity contribution in [3.8, 4) is 6.07 Å². The molecular weight excluding hydrogens is 177 g/mol. The minimum absolute atomic E-state index is 0.199. The van der Waals surface area contributed by atoms with E-state index < -0.39 is 5.41 Å². The monoisotopic (exact) mass is 189 g/mol. The first kappa shape index (κ1) is 9.21. The van der Waals surface area contributed by atoms with Gasteiger partial charge in [-0.2, -0.15) is 5.26 Å². The lowest BCUT2D eigenvalue weighted by molar-refractivity contribution is 0.590. The van der Waals surface area contributed by atoms with Gasteiger partial charge in [0.1, 0.15) is 5.82 Å². The lowest BCUT2D eigenvalue weighted by Crippen LogP contribution is -2.07. The maximum atomic E-state index is 13.8. The Balaban J connectivity index is 2.59. The fraction of sp³-hybridized carbons (Fsp3) is 0.417. The molecule has 1 fully saturated rings. The maximum Gasteiger partial charge on any atom is 0.130 e. The highest BCUT2D eigenvalue weighted by Gasteiger charge is 2.46. The molecule has 0 amide bonds. The van der Waals surface area contributed by atoms with Gasteiger partial charge in [-0.1, -0.05) is 17.7 Å². The summed E-state index contributed by atoms with van der Waals surface area (Å²) >= 11 is 0. The van der Waals surface area contributed by atoms with Gasteiger partial charge in [0, 0.05) is 5.56 Å². The standard InChI is InChI=1S/C12H12FN/c1-8-5-9(2)11(13)10(6-8)12(7-14)3-4-12/h5-6H,3-4H2,1-2H3. The fourth-order valence-electron chi connectivity index (χ4n) is 1.86. The molecule has 1 aromatic rings. The van der Waals surface area contributed by atoms with Gasteiger partial charge in [0.15, 0.2) is 0 Å². The van der Waals surface area contributed by atoms with E-state index in [0.29, 0.717) is 11.1 Å². The van der Waals surface area contributed by atoms with Crippen LogP contribution in [0.3, 0.4) is 0 Å². The number of nitriles is 1. The molecule has 1 aliphatic carbocycles. The van der Waals surface area contributed by atoms with E-state index in [1.807, 2.05) is 13.0 Å². The quantitative estimate of drug-likeness (QED) is 0.666. The summed E-state index contributed by atoms with van der Waals surface area (Å²) in [5, 5.41) is 9.00. The molecule has 0 saturated heterocycles. The molecule has 0 spiro atoms. The highest BCUT2D eigenvalue weighted by atomic mass is 19.1.